The van der Waals surface area contributed by atoms with Crippen molar-refractivity contribution in [2.75, 3.05) is 19.8 Å². The average molecular weight is 381 g/mol. The summed E-state index contributed by atoms with van der Waals surface area (Å²) >= 11 is 4.97. The molecule has 1 rings (SSSR count). The van der Waals surface area contributed by atoms with Gasteiger partial charge in [0.15, 0.2) is 0 Å². The minimum absolute atomic E-state index is 0.133. The molecule has 0 saturated heterocycles. The molecular formula is C13H21BrN2O2S2. The Morgan fingerprint density at radius 3 is 2.50 bits per heavy atom. The summed E-state index contributed by atoms with van der Waals surface area (Å²) in [5, 5.41) is 3.03. The molecule has 114 valence electrons. The Kier molecular flexibility index (Phi) is 6.53. The van der Waals surface area contributed by atoms with E-state index in [0.29, 0.717) is 17.6 Å². The zero-order chi connectivity index (χ0) is 15.4. The highest BCUT2D eigenvalue weighted by molar-refractivity contribution is 9.10. The van der Waals surface area contributed by atoms with Crippen LogP contribution in [0, 0.1) is 0 Å². The van der Waals surface area contributed by atoms with Crippen LogP contribution in [0.4, 0.5) is 0 Å². The predicted octanol–water partition coefficient (Wildman–Crippen LogP) is 2.59. The van der Waals surface area contributed by atoms with Crippen molar-refractivity contribution in [2.24, 2.45) is 0 Å². The number of halogens is 1. The van der Waals surface area contributed by atoms with E-state index in [9.17, 15) is 8.42 Å². The zero-order valence-corrected chi connectivity index (χ0v) is 15.4. The maximum atomic E-state index is 12.3. The third kappa shape index (κ3) is 5.04. The molecule has 0 heterocycles. The summed E-state index contributed by atoms with van der Waals surface area (Å²) in [6.07, 6.45) is 1.97. The van der Waals surface area contributed by atoms with Gasteiger partial charge in [-0.2, -0.15) is 11.8 Å². The molecule has 0 aliphatic carbocycles. The van der Waals surface area contributed by atoms with Crippen molar-refractivity contribution in [3.05, 3.63) is 28.2 Å². The molecule has 2 N–H and O–H groups in total. The molecule has 0 amide bonds. The Labute approximate surface area is 134 Å². The molecule has 0 aliphatic heterocycles. The summed E-state index contributed by atoms with van der Waals surface area (Å²) in [4.78, 5) is 0.272. The van der Waals surface area contributed by atoms with E-state index in [2.05, 4.69) is 26.0 Å². The van der Waals surface area contributed by atoms with E-state index in [1.807, 2.05) is 39.3 Å². The third-order valence-corrected chi connectivity index (χ3v) is 6.53. The number of benzene rings is 1. The van der Waals surface area contributed by atoms with Gasteiger partial charge in [0.25, 0.3) is 0 Å². The van der Waals surface area contributed by atoms with Gasteiger partial charge >= 0.3 is 0 Å². The summed E-state index contributed by atoms with van der Waals surface area (Å²) in [6, 6.07) is 5.27. The van der Waals surface area contributed by atoms with Crippen LogP contribution < -0.4 is 10.0 Å². The number of hydrogen-bond acceptors (Lipinski definition) is 4. The summed E-state index contributed by atoms with van der Waals surface area (Å²) in [5.74, 6) is 0. The molecule has 0 saturated carbocycles. The fourth-order valence-electron chi connectivity index (χ4n) is 1.50. The lowest BCUT2D eigenvalue weighted by Gasteiger charge is -2.22. The molecule has 1 aromatic rings. The van der Waals surface area contributed by atoms with E-state index >= 15 is 0 Å². The number of thioether (sulfide) groups is 1. The Morgan fingerprint density at radius 2 is 2.00 bits per heavy atom. The fourth-order valence-corrected chi connectivity index (χ4v) is 4.14. The summed E-state index contributed by atoms with van der Waals surface area (Å²) in [6.45, 7) is 5.10. The molecule has 20 heavy (non-hydrogen) atoms. The van der Waals surface area contributed by atoms with E-state index < -0.39 is 10.0 Å². The van der Waals surface area contributed by atoms with Crippen molar-refractivity contribution >= 4 is 37.7 Å². The average Bonchev–Trinajstić information content (AvgIpc) is 2.37. The van der Waals surface area contributed by atoms with Gasteiger partial charge in [-0.05, 0) is 60.8 Å². The molecule has 0 unspecified atom stereocenters. The first-order valence-corrected chi connectivity index (χ1v) is 9.70. The number of sulfonamides is 1. The summed E-state index contributed by atoms with van der Waals surface area (Å²) < 4.78 is 27.8. The first kappa shape index (κ1) is 18.0. The van der Waals surface area contributed by atoms with Crippen LogP contribution in [0.25, 0.3) is 0 Å². The predicted molar refractivity (Wildman–Crippen MR) is 89.7 cm³/mol. The zero-order valence-electron chi connectivity index (χ0n) is 12.2. The normalized spacial score (nSPS) is 12.7. The van der Waals surface area contributed by atoms with E-state index in [1.165, 1.54) is 0 Å². The summed E-state index contributed by atoms with van der Waals surface area (Å²) in [7, 11) is -1.64. The maximum absolute atomic E-state index is 12.3. The van der Waals surface area contributed by atoms with Crippen molar-refractivity contribution in [1.29, 1.82) is 0 Å². The van der Waals surface area contributed by atoms with Crippen LogP contribution >= 0.6 is 27.7 Å². The number of rotatable bonds is 7. The van der Waals surface area contributed by atoms with Gasteiger partial charge in [-0.1, -0.05) is 6.07 Å². The highest BCUT2D eigenvalue weighted by Crippen LogP contribution is 2.25. The standard InChI is InChI=1S/C13H21BrN2O2S2/c1-13(2,19-4)9-16-20(17,18)12-6-5-10(8-15-3)7-11(12)14/h5-7,15-16H,8-9H2,1-4H3. The monoisotopic (exact) mass is 380 g/mol. The molecule has 0 bridgehead atoms. The Bertz CT molecular complexity index is 559. The molecule has 0 aromatic heterocycles. The lowest BCUT2D eigenvalue weighted by molar-refractivity contribution is 0.570. The quantitative estimate of drug-likeness (QED) is 0.762. The smallest absolute Gasteiger partial charge is 0.241 e. The molecule has 0 aliphatic rings. The maximum Gasteiger partial charge on any atom is 0.241 e. The van der Waals surface area contributed by atoms with Crippen LogP contribution in [-0.2, 0) is 16.6 Å². The van der Waals surface area contributed by atoms with Crippen LogP contribution in [0.1, 0.15) is 19.4 Å². The lowest BCUT2D eigenvalue weighted by atomic mass is 10.2. The van der Waals surface area contributed by atoms with Crippen molar-refractivity contribution in [2.45, 2.75) is 30.0 Å². The molecule has 0 fully saturated rings. The van der Waals surface area contributed by atoms with Gasteiger partial charge < -0.3 is 5.32 Å². The highest BCUT2D eigenvalue weighted by atomic mass is 79.9. The van der Waals surface area contributed by atoms with Crippen molar-refractivity contribution < 1.29 is 8.42 Å². The van der Waals surface area contributed by atoms with Crippen LogP contribution in [-0.4, -0.2) is 33.0 Å². The number of hydrogen-bond donors (Lipinski definition) is 2. The van der Waals surface area contributed by atoms with Crippen LogP contribution in [0.2, 0.25) is 0 Å². The topological polar surface area (TPSA) is 58.2 Å². The Hall–Kier alpha value is -0.0800. The van der Waals surface area contributed by atoms with Crippen molar-refractivity contribution in [3.63, 3.8) is 0 Å². The lowest BCUT2D eigenvalue weighted by Crippen LogP contribution is -2.36. The van der Waals surface area contributed by atoms with Gasteiger partial charge in [-0.3, -0.25) is 0 Å². The van der Waals surface area contributed by atoms with E-state index in [0.717, 1.165) is 5.56 Å². The van der Waals surface area contributed by atoms with Crippen LogP contribution in [0.3, 0.4) is 0 Å². The van der Waals surface area contributed by atoms with E-state index in [4.69, 9.17) is 0 Å². The van der Waals surface area contributed by atoms with Gasteiger partial charge in [0.2, 0.25) is 10.0 Å². The van der Waals surface area contributed by atoms with Crippen LogP contribution in [0.5, 0.6) is 0 Å². The van der Waals surface area contributed by atoms with Crippen molar-refractivity contribution in [1.82, 2.24) is 10.0 Å². The fraction of sp³-hybridized carbons (Fsp3) is 0.538. The SMILES string of the molecule is CNCc1ccc(S(=O)(=O)NCC(C)(C)SC)c(Br)c1. The first-order chi connectivity index (χ1) is 9.22. The minimum Gasteiger partial charge on any atom is -0.316 e. The molecule has 1 aromatic carbocycles. The molecule has 0 atom stereocenters. The van der Waals surface area contributed by atoms with Crippen LogP contribution in [0.15, 0.2) is 27.6 Å². The number of nitrogens with one attached hydrogen (secondary N) is 2. The largest absolute Gasteiger partial charge is 0.316 e. The Balaban J connectivity index is 2.93. The molecule has 4 nitrogen and oxygen atoms in total. The Morgan fingerprint density at radius 1 is 1.35 bits per heavy atom. The van der Waals surface area contributed by atoms with Gasteiger partial charge in [-0.25, -0.2) is 13.1 Å². The van der Waals surface area contributed by atoms with Gasteiger partial charge in [0, 0.05) is 22.3 Å². The second kappa shape index (κ2) is 7.26. The molecule has 0 spiro atoms. The molecule has 0 radical (unpaired) electrons. The summed E-state index contributed by atoms with van der Waals surface area (Å²) in [5.41, 5.74) is 1.03. The van der Waals surface area contributed by atoms with E-state index in [-0.39, 0.29) is 9.64 Å². The third-order valence-electron chi connectivity index (χ3n) is 2.91. The first-order valence-electron chi connectivity index (χ1n) is 6.20. The highest BCUT2D eigenvalue weighted by Gasteiger charge is 2.23. The van der Waals surface area contributed by atoms with Gasteiger partial charge in [0.1, 0.15) is 0 Å². The van der Waals surface area contributed by atoms with Gasteiger partial charge in [0.05, 0.1) is 4.90 Å². The molecule has 7 heteroatoms. The second-order valence-corrected chi connectivity index (χ2v) is 9.19. The second-order valence-electron chi connectivity index (χ2n) is 5.08. The molecular weight excluding hydrogens is 360 g/mol. The van der Waals surface area contributed by atoms with E-state index in [1.54, 1.807) is 17.8 Å². The van der Waals surface area contributed by atoms with Crippen molar-refractivity contribution in [3.8, 4) is 0 Å². The van der Waals surface area contributed by atoms with Gasteiger partial charge in [-0.15, -0.1) is 0 Å². The minimum atomic E-state index is -3.50.